The van der Waals surface area contributed by atoms with Gasteiger partial charge in [-0.3, -0.25) is 10.2 Å². The van der Waals surface area contributed by atoms with Crippen LogP contribution in [0.3, 0.4) is 0 Å². The molecular weight excluding hydrogens is 421 g/mol. The van der Waals surface area contributed by atoms with E-state index in [1.807, 2.05) is 0 Å². The van der Waals surface area contributed by atoms with Gasteiger partial charge in [0, 0.05) is 19.3 Å². The third-order valence-corrected chi connectivity index (χ3v) is 8.07. The summed E-state index contributed by atoms with van der Waals surface area (Å²) < 4.78 is 13.1. The zero-order valence-electron chi connectivity index (χ0n) is 19.7. The van der Waals surface area contributed by atoms with Crippen molar-refractivity contribution in [1.29, 1.82) is 5.41 Å². The summed E-state index contributed by atoms with van der Waals surface area (Å²) in [5.74, 6) is 0.535. The molecule has 4 N–H and O–H groups in total. The van der Waals surface area contributed by atoms with Crippen molar-refractivity contribution in [2.24, 2.45) is 11.8 Å². The second kappa shape index (κ2) is 10.4. The first-order chi connectivity index (χ1) is 15.9. The Morgan fingerprint density at radius 3 is 2.67 bits per heavy atom. The lowest BCUT2D eigenvalue weighted by Crippen LogP contribution is -2.52. The van der Waals surface area contributed by atoms with E-state index in [2.05, 4.69) is 15.6 Å². The van der Waals surface area contributed by atoms with Crippen LogP contribution in [-0.2, 0) is 0 Å². The summed E-state index contributed by atoms with van der Waals surface area (Å²) in [6, 6.07) is 2.71. The van der Waals surface area contributed by atoms with E-state index in [1.165, 1.54) is 50.4 Å². The Balaban J connectivity index is 1.39. The molecule has 1 amide bonds. The van der Waals surface area contributed by atoms with Crippen molar-refractivity contribution in [3.63, 3.8) is 0 Å². The van der Waals surface area contributed by atoms with Crippen molar-refractivity contribution in [2.45, 2.75) is 94.9 Å². The maximum Gasteiger partial charge on any atom is 0.253 e. The molecule has 3 aliphatic rings. The Morgan fingerprint density at radius 1 is 1.24 bits per heavy atom. The number of aromatic nitrogens is 1. The first kappa shape index (κ1) is 23.9. The second-order valence-electron chi connectivity index (χ2n) is 10.4. The van der Waals surface area contributed by atoms with Gasteiger partial charge in [0.2, 0.25) is 5.95 Å². The maximum atomic E-state index is 13.1. The van der Waals surface area contributed by atoms with Gasteiger partial charge in [-0.05, 0) is 56.1 Å². The van der Waals surface area contributed by atoms with Crippen molar-refractivity contribution in [3.05, 3.63) is 29.8 Å². The molecule has 1 saturated heterocycles. The molecule has 1 aliphatic heterocycles. The van der Waals surface area contributed by atoms with Crippen LogP contribution >= 0.6 is 0 Å². The van der Waals surface area contributed by atoms with Crippen LogP contribution in [-0.4, -0.2) is 51.7 Å². The molecule has 2 saturated carbocycles. The molecule has 2 heterocycles. The number of hydrogen-bond acceptors (Lipinski definition) is 4. The number of amides is 1. The van der Waals surface area contributed by atoms with Crippen molar-refractivity contribution < 1.29 is 14.3 Å². The summed E-state index contributed by atoms with van der Waals surface area (Å²) in [7, 11) is 1.78. The van der Waals surface area contributed by atoms with Gasteiger partial charge in [0.15, 0.2) is 12.2 Å². The predicted octanol–water partition coefficient (Wildman–Crippen LogP) is 3.79. The summed E-state index contributed by atoms with van der Waals surface area (Å²) >= 11 is 0. The molecule has 2 aliphatic carbocycles. The van der Waals surface area contributed by atoms with E-state index in [0.717, 1.165) is 44.9 Å². The monoisotopic (exact) mass is 459 g/mol. The summed E-state index contributed by atoms with van der Waals surface area (Å²) in [6.45, 7) is 0. The van der Waals surface area contributed by atoms with Gasteiger partial charge in [0.05, 0.1) is 11.1 Å². The Morgan fingerprint density at radius 2 is 2.00 bits per heavy atom. The largest absolute Gasteiger partial charge is 0.371 e. The summed E-state index contributed by atoms with van der Waals surface area (Å²) in [5.41, 5.74) is -0.147. The van der Waals surface area contributed by atoms with E-state index in [1.54, 1.807) is 11.9 Å². The number of pyridine rings is 1. The van der Waals surface area contributed by atoms with E-state index in [-0.39, 0.29) is 17.9 Å². The molecule has 0 aromatic carbocycles. The molecule has 1 unspecified atom stereocenters. The number of nitrogens with one attached hydrogen (secondary N) is 3. The predicted molar refractivity (Wildman–Crippen MR) is 125 cm³/mol. The molecule has 0 bridgehead atoms. The van der Waals surface area contributed by atoms with Crippen LogP contribution in [0.2, 0.25) is 0 Å². The van der Waals surface area contributed by atoms with Crippen LogP contribution < -0.4 is 10.6 Å². The minimum Gasteiger partial charge on any atom is -0.371 e. The van der Waals surface area contributed by atoms with E-state index in [9.17, 15) is 14.3 Å². The summed E-state index contributed by atoms with van der Waals surface area (Å²) in [4.78, 5) is 17.8. The molecule has 4 atom stereocenters. The van der Waals surface area contributed by atoms with Gasteiger partial charge < -0.3 is 20.6 Å². The van der Waals surface area contributed by atoms with Gasteiger partial charge in [-0.25, -0.2) is 4.98 Å². The van der Waals surface area contributed by atoms with Crippen LogP contribution in [0.25, 0.3) is 0 Å². The third kappa shape index (κ3) is 5.65. The Hall–Kier alpha value is -2.22. The Bertz CT molecular complexity index is 829. The van der Waals surface area contributed by atoms with E-state index in [4.69, 9.17) is 5.41 Å². The molecule has 4 rings (SSSR count). The fourth-order valence-electron chi connectivity index (χ4n) is 6.17. The fourth-order valence-corrected chi connectivity index (χ4v) is 6.17. The number of aliphatic hydroxyl groups is 1. The maximum absolute atomic E-state index is 13.1. The Labute approximate surface area is 196 Å². The summed E-state index contributed by atoms with van der Waals surface area (Å²) in [6.07, 6.45) is 13.6. The van der Waals surface area contributed by atoms with Gasteiger partial charge in [-0.15, -0.1) is 0 Å². The standard InChI is InChI=1S/C25H38FN5O2/c1-31-23(33)25(30-24(31)27,13-12-17-6-3-2-4-7-17)15-18-8-5-9-20(14-18)29-22(32)19-10-11-21(26)28-16-19/h10-11,16-18,20,23,33H,2-9,12-15H2,1H3,(H2,27,30)(H,29,32)/t18-,20+,23?,25+/m0/s1. The highest BCUT2D eigenvalue weighted by molar-refractivity contribution is 5.94. The van der Waals surface area contributed by atoms with Crippen LogP contribution in [0, 0.1) is 23.2 Å². The fraction of sp³-hybridized carbons (Fsp3) is 0.720. The van der Waals surface area contributed by atoms with Crippen molar-refractivity contribution >= 4 is 11.9 Å². The van der Waals surface area contributed by atoms with Gasteiger partial charge >= 0.3 is 0 Å². The molecule has 3 fully saturated rings. The molecule has 8 heteroatoms. The van der Waals surface area contributed by atoms with E-state index < -0.39 is 17.7 Å². The lowest BCUT2D eigenvalue weighted by molar-refractivity contribution is -0.00490. The summed E-state index contributed by atoms with van der Waals surface area (Å²) in [5, 5.41) is 25.9. The van der Waals surface area contributed by atoms with Crippen LogP contribution in [0.15, 0.2) is 18.3 Å². The highest BCUT2D eigenvalue weighted by Gasteiger charge is 2.49. The smallest absolute Gasteiger partial charge is 0.253 e. The van der Waals surface area contributed by atoms with Crippen LogP contribution in [0.1, 0.15) is 87.4 Å². The minimum atomic E-state index is -0.714. The number of aliphatic hydroxyl groups excluding tert-OH is 1. The number of carbonyl (C=O) groups excluding carboxylic acids is 1. The molecule has 0 radical (unpaired) electrons. The van der Waals surface area contributed by atoms with Crippen molar-refractivity contribution in [3.8, 4) is 0 Å². The Kier molecular flexibility index (Phi) is 7.51. The average Bonchev–Trinajstić information content (AvgIpc) is 3.02. The normalized spacial score (nSPS) is 30.8. The lowest BCUT2D eigenvalue weighted by Gasteiger charge is -2.40. The molecule has 33 heavy (non-hydrogen) atoms. The van der Waals surface area contributed by atoms with E-state index >= 15 is 0 Å². The molecule has 1 aromatic rings. The zero-order valence-corrected chi connectivity index (χ0v) is 19.7. The van der Waals surface area contributed by atoms with Gasteiger partial charge in [-0.2, -0.15) is 4.39 Å². The second-order valence-corrected chi connectivity index (χ2v) is 10.4. The van der Waals surface area contributed by atoms with Crippen LogP contribution in [0.5, 0.6) is 0 Å². The molecule has 7 nitrogen and oxygen atoms in total. The van der Waals surface area contributed by atoms with E-state index in [0.29, 0.717) is 17.4 Å². The highest BCUT2D eigenvalue weighted by Crippen LogP contribution is 2.40. The first-order valence-electron chi connectivity index (χ1n) is 12.6. The SMILES string of the molecule is CN1C(=N)N[C@](CCC2CCCCC2)(C[C@H]2CCC[C@@H](NC(=O)c3ccc(F)nc3)C2)C1O. The molecule has 1 aromatic heterocycles. The van der Waals surface area contributed by atoms with Crippen molar-refractivity contribution in [1.82, 2.24) is 20.5 Å². The topological polar surface area (TPSA) is 101 Å². The number of likely N-dealkylation sites (N-methyl/N-ethyl adjacent to an activating group) is 1. The highest BCUT2D eigenvalue weighted by atomic mass is 19.1. The molecular formula is C25H38FN5O2. The van der Waals surface area contributed by atoms with Crippen LogP contribution in [0.4, 0.5) is 4.39 Å². The number of rotatable bonds is 7. The van der Waals surface area contributed by atoms with Gasteiger partial charge in [-0.1, -0.05) is 44.9 Å². The molecule has 0 spiro atoms. The number of guanidine groups is 1. The van der Waals surface area contributed by atoms with Gasteiger partial charge in [0.1, 0.15) is 0 Å². The van der Waals surface area contributed by atoms with Gasteiger partial charge in [0.25, 0.3) is 5.91 Å². The number of carbonyl (C=O) groups is 1. The number of halogens is 1. The zero-order chi connectivity index (χ0) is 23.4. The first-order valence-corrected chi connectivity index (χ1v) is 12.6. The minimum absolute atomic E-state index is 0.0485. The average molecular weight is 460 g/mol. The quantitative estimate of drug-likeness (QED) is 0.465. The molecule has 182 valence electrons. The lowest BCUT2D eigenvalue weighted by atomic mass is 9.73. The third-order valence-electron chi connectivity index (χ3n) is 8.07. The van der Waals surface area contributed by atoms with Crippen molar-refractivity contribution in [2.75, 3.05) is 7.05 Å². The number of hydrogen-bond donors (Lipinski definition) is 4. The number of nitrogens with zero attached hydrogens (tertiary/aromatic N) is 2.